The molecule has 1 N–H and O–H groups in total. The fourth-order valence-corrected chi connectivity index (χ4v) is 3.05. The van der Waals surface area contributed by atoms with Crippen molar-refractivity contribution in [2.75, 3.05) is 32.7 Å². The number of piperazine rings is 1. The Morgan fingerprint density at radius 1 is 1.11 bits per heavy atom. The number of carbonyl (C=O) groups excluding carboxylic acids is 1. The van der Waals surface area contributed by atoms with Crippen LogP contribution >= 0.6 is 24.0 Å². The minimum absolute atomic E-state index is 0. The molecule has 0 spiro atoms. The maximum absolute atomic E-state index is 12.4. The van der Waals surface area contributed by atoms with Crippen LogP contribution in [-0.2, 0) is 6.54 Å². The number of carbonyl (C=O) groups is 1. The van der Waals surface area contributed by atoms with E-state index < -0.39 is 0 Å². The molecule has 0 aliphatic carbocycles. The molecular weight excluding hydrogens is 455 g/mol. The maximum Gasteiger partial charge on any atom is 0.289 e. The number of aliphatic imine (C=N–C) groups is 1. The van der Waals surface area contributed by atoms with E-state index in [1.807, 2.05) is 17.0 Å². The summed E-state index contributed by atoms with van der Waals surface area (Å²) < 4.78 is 5.22. The zero-order chi connectivity index (χ0) is 18.4. The van der Waals surface area contributed by atoms with Crippen molar-refractivity contribution in [3.8, 4) is 0 Å². The van der Waals surface area contributed by atoms with Gasteiger partial charge in [0.15, 0.2) is 11.7 Å². The number of amides is 1. The van der Waals surface area contributed by atoms with Crippen LogP contribution in [0.1, 0.15) is 28.6 Å². The molecule has 27 heavy (non-hydrogen) atoms. The van der Waals surface area contributed by atoms with Gasteiger partial charge in [0.05, 0.1) is 12.8 Å². The van der Waals surface area contributed by atoms with Gasteiger partial charge >= 0.3 is 0 Å². The summed E-state index contributed by atoms with van der Waals surface area (Å²) >= 11 is 0. The number of halogens is 1. The second-order valence-electron chi connectivity index (χ2n) is 6.35. The van der Waals surface area contributed by atoms with Gasteiger partial charge in [-0.25, -0.2) is 4.99 Å². The van der Waals surface area contributed by atoms with Gasteiger partial charge in [-0.15, -0.1) is 24.0 Å². The van der Waals surface area contributed by atoms with Crippen LogP contribution in [0, 0.1) is 6.92 Å². The lowest BCUT2D eigenvalue weighted by molar-refractivity contribution is 0.0657. The summed E-state index contributed by atoms with van der Waals surface area (Å²) in [4.78, 5) is 21.2. The van der Waals surface area contributed by atoms with Crippen LogP contribution in [0.25, 0.3) is 0 Å². The van der Waals surface area contributed by atoms with Crippen molar-refractivity contribution in [3.63, 3.8) is 0 Å². The number of aryl methyl sites for hydroxylation is 1. The molecule has 1 saturated heterocycles. The highest BCUT2D eigenvalue weighted by Crippen LogP contribution is 2.11. The molecule has 1 aliphatic rings. The van der Waals surface area contributed by atoms with Crippen molar-refractivity contribution in [3.05, 3.63) is 59.5 Å². The molecular formula is C20H27IN4O2. The molecule has 1 aromatic carbocycles. The summed E-state index contributed by atoms with van der Waals surface area (Å²) in [6.07, 6.45) is 1.53. The van der Waals surface area contributed by atoms with Gasteiger partial charge in [0.1, 0.15) is 0 Å². The van der Waals surface area contributed by atoms with Crippen molar-refractivity contribution in [2.45, 2.75) is 20.4 Å². The van der Waals surface area contributed by atoms with Crippen molar-refractivity contribution in [1.82, 2.24) is 15.1 Å². The minimum atomic E-state index is -0.0449. The fourth-order valence-electron chi connectivity index (χ4n) is 3.05. The fraction of sp³-hybridized carbons (Fsp3) is 0.400. The smallest absolute Gasteiger partial charge is 0.289 e. The number of furan rings is 1. The van der Waals surface area contributed by atoms with Gasteiger partial charge in [-0.2, -0.15) is 0 Å². The molecule has 2 aromatic rings. The molecule has 1 fully saturated rings. The van der Waals surface area contributed by atoms with Crippen LogP contribution in [0.5, 0.6) is 0 Å². The van der Waals surface area contributed by atoms with E-state index in [1.54, 1.807) is 12.1 Å². The van der Waals surface area contributed by atoms with Crippen LogP contribution in [0.4, 0.5) is 0 Å². The van der Waals surface area contributed by atoms with Gasteiger partial charge in [0.2, 0.25) is 0 Å². The number of benzene rings is 1. The predicted octanol–water partition coefficient (Wildman–Crippen LogP) is 3.13. The second-order valence-corrected chi connectivity index (χ2v) is 6.35. The first-order chi connectivity index (χ1) is 12.7. The molecule has 1 aliphatic heterocycles. The third-order valence-corrected chi connectivity index (χ3v) is 4.59. The quantitative estimate of drug-likeness (QED) is 0.414. The number of hydrogen-bond donors (Lipinski definition) is 1. The SMILES string of the molecule is CCNC(=NCc1ccccc1C)N1CCN(C(=O)c2ccco2)CC1.I. The Hall–Kier alpha value is -2.03. The molecule has 1 aromatic heterocycles. The summed E-state index contributed by atoms with van der Waals surface area (Å²) in [7, 11) is 0. The number of guanidine groups is 1. The van der Waals surface area contributed by atoms with Gasteiger partial charge in [0, 0.05) is 32.7 Å². The average molecular weight is 482 g/mol. The Labute approximate surface area is 177 Å². The van der Waals surface area contributed by atoms with Crippen LogP contribution in [0.2, 0.25) is 0 Å². The third kappa shape index (κ3) is 5.47. The Balaban J connectivity index is 0.00000261. The topological polar surface area (TPSA) is 61.1 Å². The molecule has 0 saturated carbocycles. The summed E-state index contributed by atoms with van der Waals surface area (Å²) in [5.74, 6) is 1.26. The van der Waals surface area contributed by atoms with Gasteiger partial charge in [-0.3, -0.25) is 4.79 Å². The van der Waals surface area contributed by atoms with Gasteiger partial charge < -0.3 is 19.5 Å². The molecule has 0 radical (unpaired) electrons. The van der Waals surface area contributed by atoms with Gasteiger partial charge in [-0.1, -0.05) is 24.3 Å². The molecule has 3 rings (SSSR count). The number of nitrogens with one attached hydrogen (secondary N) is 1. The lowest BCUT2D eigenvalue weighted by atomic mass is 10.1. The first-order valence-electron chi connectivity index (χ1n) is 9.09. The van der Waals surface area contributed by atoms with Crippen molar-refractivity contribution in [1.29, 1.82) is 0 Å². The molecule has 2 heterocycles. The monoisotopic (exact) mass is 482 g/mol. The molecule has 1 amide bonds. The Bertz CT molecular complexity index is 753. The average Bonchev–Trinajstić information content (AvgIpc) is 3.21. The number of rotatable bonds is 4. The summed E-state index contributed by atoms with van der Waals surface area (Å²) in [5, 5.41) is 3.37. The molecule has 0 bridgehead atoms. The Kier molecular flexibility index (Phi) is 8.15. The van der Waals surface area contributed by atoms with E-state index in [0.29, 0.717) is 25.4 Å². The van der Waals surface area contributed by atoms with Gasteiger partial charge in [-0.05, 0) is 37.1 Å². The summed E-state index contributed by atoms with van der Waals surface area (Å²) in [5.41, 5.74) is 2.48. The second kappa shape index (κ2) is 10.3. The lowest BCUT2D eigenvalue weighted by Crippen LogP contribution is -2.53. The van der Waals surface area contributed by atoms with E-state index in [1.165, 1.54) is 17.4 Å². The zero-order valence-electron chi connectivity index (χ0n) is 15.9. The van der Waals surface area contributed by atoms with E-state index in [9.17, 15) is 4.79 Å². The first kappa shape index (κ1) is 21.3. The standard InChI is InChI=1S/C20H26N4O2.HI/c1-3-21-20(22-15-17-8-5-4-7-16(17)2)24-12-10-23(11-13-24)19(25)18-9-6-14-26-18;/h4-9,14H,3,10-13,15H2,1-2H3,(H,21,22);1H. The molecule has 0 atom stereocenters. The zero-order valence-corrected chi connectivity index (χ0v) is 18.2. The highest BCUT2D eigenvalue weighted by atomic mass is 127. The molecule has 146 valence electrons. The number of hydrogen-bond acceptors (Lipinski definition) is 3. The minimum Gasteiger partial charge on any atom is -0.459 e. The summed E-state index contributed by atoms with van der Waals surface area (Å²) in [6, 6.07) is 11.8. The van der Waals surface area contributed by atoms with Crippen LogP contribution < -0.4 is 5.32 Å². The predicted molar refractivity (Wildman–Crippen MR) is 118 cm³/mol. The van der Waals surface area contributed by atoms with E-state index in [-0.39, 0.29) is 29.9 Å². The van der Waals surface area contributed by atoms with E-state index in [4.69, 9.17) is 9.41 Å². The molecule has 0 unspecified atom stereocenters. The van der Waals surface area contributed by atoms with Crippen molar-refractivity contribution in [2.24, 2.45) is 4.99 Å². The van der Waals surface area contributed by atoms with E-state index >= 15 is 0 Å². The maximum atomic E-state index is 12.4. The van der Waals surface area contributed by atoms with Crippen molar-refractivity contribution >= 4 is 35.8 Å². The molecule has 6 nitrogen and oxygen atoms in total. The van der Waals surface area contributed by atoms with E-state index in [0.717, 1.165) is 25.6 Å². The Morgan fingerprint density at radius 3 is 2.44 bits per heavy atom. The van der Waals surface area contributed by atoms with Crippen LogP contribution in [0.3, 0.4) is 0 Å². The van der Waals surface area contributed by atoms with E-state index in [2.05, 4.69) is 36.2 Å². The normalized spacial score (nSPS) is 14.7. The number of nitrogens with zero attached hydrogens (tertiary/aromatic N) is 3. The summed E-state index contributed by atoms with van der Waals surface area (Å²) in [6.45, 7) is 8.48. The van der Waals surface area contributed by atoms with Crippen LogP contribution in [0.15, 0.2) is 52.1 Å². The first-order valence-corrected chi connectivity index (χ1v) is 9.09. The van der Waals surface area contributed by atoms with Crippen molar-refractivity contribution < 1.29 is 9.21 Å². The largest absolute Gasteiger partial charge is 0.459 e. The highest BCUT2D eigenvalue weighted by molar-refractivity contribution is 14.0. The third-order valence-electron chi connectivity index (χ3n) is 4.59. The van der Waals surface area contributed by atoms with Crippen LogP contribution in [-0.4, -0.2) is 54.4 Å². The lowest BCUT2D eigenvalue weighted by Gasteiger charge is -2.36. The molecule has 7 heteroatoms. The van der Waals surface area contributed by atoms with Gasteiger partial charge in [0.25, 0.3) is 5.91 Å². The Morgan fingerprint density at radius 2 is 1.81 bits per heavy atom. The highest BCUT2D eigenvalue weighted by Gasteiger charge is 2.25.